The third-order valence-electron chi connectivity index (χ3n) is 5.02. The summed E-state index contributed by atoms with van der Waals surface area (Å²) in [5.74, 6) is 2.02. The molecule has 1 fully saturated rings. The van der Waals surface area contributed by atoms with E-state index in [0.717, 1.165) is 54.9 Å². The van der Waals surface area contributed by atoms with Crippen LogP contribution in [0.25, 0.3) is 0 Å². The summed E-state index contributed by atoms with van der Waals surface area (Å²) in [6.07, 6.45) is 4.00. The summed E-state index contributed by atoms with van der Waals surface area (Å²) in [5, 5.41) is 0.696. The minimum Gasteiger partial charge on any atom is -0.492 e. The lowest BCUT2D eigenvalue weighted by molar-refractivity contribution is 0.0788. The molecule has 1 saturated carbocycles. The maximum Gasteiger partial charge on any atom is 0.173 e. The van der Waals surface area contributed by atoms with Crippen LogP contribution < -0.4 is 9.46 Å². The number of carbonyl (C=O) groups is 1. The molecule has 5 heteroatoms. The molecule has 27 heavy (non-hydrogen) atoms. The molecule has 2 aromatic carbocycles. The molecular formula is C22H26ClNO2S. The monoisotopic (exact) mass is 403 g/mol. The van der Waals surface area contributed by atoms with E-state index in [1.54, 1.807) is 11.9 Å². The van der Waals surface area contributed by atoms with E-state index in [4.69, 9.17) is 16.3 Å². The van der Waals surface area contributed by atoms with Gasteiger partial charge in [0.1, 0.15) is 12.4 Å². The van der Waals surface area contributed by atoms with Crippen molar-refractivity contribution in [3.8, 4) is 5.75 Å². The molecule has 0 unspecified atom stereocenters. The fraction of sp³-hybridized carbons (Fsp3) is 0.409. The van der Waals surface area contributed by atoms with Gasteiger partial charge in [-0.1, -0.05) is 61.2 Å². The average molecular weight is 404 g/mol. The van der Waals surface area contributed by atoms with Gasteiger partial charge < -0.3 is 4.74 Å². The summed E-state index contributed by atoms with van der Waals surface area (Å²) in [7, 11) is 0. The number of Topliss-reactive ketones (excluding diaryl/α,β-unsaturated/α-hetero) is 1. The second kappa shape index (κ2) is 9.63. The normalized spacial score (nSPS) is 15.2. The summed E-state index contributed by atoms with van der Waals surface area (Å²) in [4.78, 5) is 13.3. The number of halogens is 1. The number of ketones is 1. The quantitative estimate of drug-likeness (QED) is 0.315. The first-order valence-corrected chi connectivity index (χ1v) is 10.9. The van der Waals surface area contributed by atoms with Crippen LogP contribution in [-0.2, 0) is 5.41 Å². The fourth-order valence-electron chi connectivity index (χ4n) is 3.41. The van der Waals surface area contributed by atoms with E-state index in [0.29, 0.717) is 11.6 Å². The molecule has 144 valence electrons. The lowest BCUT2D eigenvalue weighted by Gasteiger charge is -2.41. The van der Waals surface area contributed by atoms with E-state index < -0.39 is 5.41 Å². The van der Waals surface area contributed by atoms with Gasteiger partial charge in [0, 0.05) is 22.9 Å². The van der Waals surface area contributed by atoms with E-state index >= 15 is 0 Å². The minimum atomic E-state index is -0.415. The minimum absolute atomic E-state index is 0.179. The topological polar surface area (TPSA) is 38.3 Å². The number of hydrogen-bond donors (Lipinski definition) is 1. The standard InChI is InChI=1S/C22H26ClNO2S/c1-2-15-27-24-13-14-26-20-6-3-5-17(16-20)21(25)22(11-4-12-22)18-7-9-19(23)10-8-18/h3,5-10,16,24H,2,4,11-15H2,1H3. The van der Waals surface area contributed by atoms with Crippen LogP contribution >= 0.6 is 23.5 Å². The molecular weight excluding hydrogens is 378 g/mol. The van der Waals surface area contributed by atoms with Crippen LogP contribution in [0.3, 0.4) is 0 Å². The smallest absolute Gasteiger partial charge is 0.173 e. The van der Waals surface area contributed by atoms with Gasteiger partial charge in [-0.25, -0.2) is 0 Å². The van der Waals surface area contributed by atoms with E-state index in [1.807, 2.05) is 48.5 Å². The Labute approximate surface area is 171 Å². The number of carbonyl (C=O) groups excluding carboxylic acids is 1. The third kappa shape index (κ3) is 4.87. The van der Waals surface area contributed by atoms with Crippen molar-refractivity contribution >= 4 is 29.3 Å². The first-order valence-electron chi connectivity index (χ1n) is 9.54. The van der Waals surface area contributed by atoms with Crippen LogP contribution in [0.15, 0.2) is 48.5 Å². The first-order chi connectivity index (χ1) is 13.2. The van der Waals surface area contributed by atoms with Gasteiger partial charge in [-0.3, -0.25) is 9.52 Å². The molecule has 2 aromatic rings. The summed E-state index contributed by atoms with van der Waals surface area (Å²) in [6, 6.07) is 15.3. The number of hydrogen-bond acceptors (Lipinski definition) is 4. The van der Waals surface area contributed by atoms with Gasteiger partial charge >= 0.3 is 0 Å². The van der Waals surface area contributed by atoms with Crippen molar-refractivity contribution in [3.05, 3.63) is 64.7 Å². The average Bonchev–Trinajstić information content (AvgIpc) is 2.65. The summed E-state index contributed by atoms with van der Waals surface area (Å²) in [6.45, 7) is 3.51. The van der Waals surface area contributed by atoms with Crippen LogP contribution in [-0.4, -0.2) is 24.7 Å². The highest BCUT2D eigenvalue weighted by atomic mass is 35.5. The van der Waals surface area contributed by atoms with E-state index in [2.05, 4.69) is 11.6 Å². The highest BCUT2D eigenvalue weighted by Crippen LogP contribution is 2.46. The molecule has 0 atom stereocenters. The predicted octanol–water partition coefficient (Wildman–Crippen LogP) is 5.67. The maximum absolute atomic E-state index is 13.3. The van der Waals surface area contributed by atoms with Crippen LogP contribution in [0.5, 0.6) is 5.75 Å². The Morgan fingerprint density at radius 3 is 2.67 bits per heavy atom. The Balaban J connectivity index is 1.66. The number of rotatable bonds is 10. The zero-order valence-electron chi connectivity index (χ0n) is 15.7. The van der Waals surface area contributed by atoms with Crippen LogP contribution in [0.2, 0.25) is 5.02 Å². The summed E-state index contributed by atoms with van der Waals surface area (Å²) >= 11 is 7.74. The van der Waals surface area contributed by atoms with E-state index in [1.165, 1.54) is 0 Å². The van der Waals surface area contributed by atoms with Gasteiger partial charge in [0.25, 0.3) is 0 Å². The van der Waals surface area contributed by atoms with Crippen LogP contribution in [0.1, 0.15) is 48.5 Å². The van der Waals surface area contributed by atoms with E-state index in [9.17, 15) is 4.79 Å². The van der Waals surface area contributed by atoms with Crippen molar-refractivity contribution < 1.29 is 9.53 Å². The number of ether oxygens (including phenoxy) is 1. The summed E-state index contributed by atoms with van der Waals surface area (Å²) in [5.41, 5.74) is 1.36. The van der Waals surface area contributed by atoms with Crippen LogP contribution in [0, 0.1) is 0 Å². The fourth-order valence-corrected chi connectivity index (χ4v) is 4.11. The molecule has 1 aliphatic rings. The predicted molar refractivity (Wildman–Crippen MR) is 114 cm³/mol. The van der Waals surface area contributed by atoms with Gasteiger partial charge in [-0.05, 0) is 49.1 Å². The summed E-state index contributed by atoms with van der Waals surface area (Å²) < 4.78 is 9.09. The SMILES string of the molecule is CCCSNCCOc1cccc(C(=O)C2(c3ccc(Cl)cc3)CCC2)c1. The van der Waals surface area contributed by atoms with Crippen molar-refractivity contribution in [1.29, 1.82) is 0 Å². The van der Waals surface area contributed by atoms with Gasteiger partial charge in [0.15, 0.2) is 5.78 Å². The Morgan fingerprint density at radius 2 is 2.00 bits per heavy atom. The van der Waals surface area contributed by atoms with Crippen molar-refractivity contribution in [2.45, 2.75) is 38.0 Å². The first kappa shape index (κ1) is 20.2. The largest absolute Gasteiger partial charge is 0.492 e. The maximum atomic E-state index is 13.3. The molecule has 0 amide bonds. The zero-order chi connectivity index (χ0) is 19.1. The Bertz CT molecular complexity index is 759. The Kier molecular flexibility index (Phi) is 7.22. The lowest BCUT2D eigenvalue weighted by atomic mass is 9.61. The molecule has 3 nitrogen and oxygen atoms in total. The highest BCUT2D eigenvalue weighted by Gasteiger charge is 2.45. The molecule has 0 spiro atoms. The molecule has 0 heterocycles. The molecule has 0 aliphatic heterocycles. The Hall–Kier alpha value is -1.49. The third-order valence-corrected chi connectivity index (χ3v) is 6.29. The zero-order valence-corrected chi connectivity index (χ0v) is 17.2. The number of nitrogens with one attached hydrogen (secondary N) is 1. The molecule has 0 saturated heterocycles. The van der Waals surface area contributed by atoms with Gasteiger partial charge in [-0.15, -0.1) is 0 Å². The van der Waals surface area contributed by atoms with Gasteiger partial charge in [-0.2, -0.15) is 0 Å². The van der Waals surface area contributed by atoms with Crippen LogP contribution in [0.4, 0.5) is 0 Å². The van der Waals surface area contributed by atoms with Crippen molar-refractivity contribution in [2.75, 3.05) is 18.9 Å². The highest BCUT2D eigenvalue weighted by molar-refractivity contribution is 7.97. The molecule has 0 bridgehead atoms. The lowest BCUT2D eigenvalue weighted by Crippen LogP contribution is -2.42. The van der Waals surface area contributed by atoms with Crippen molar-refractivity contribution in [2.24, 2.45) is 0 Å². The Morgan fingerprint density at radius 1 is 1.22 bits per heavy atom. The van der Waals surface area contributed by atoms with E-state index in [-0.39, 0.29) is 5.78 Å². The van der Waals surface area contributed by atoms with Crippen molar-refractivity contribution in [1.82, 2.24) is 4.72 Å². The second-order valence-corrected chi connectivity index (χ2v) is 8.31. The molecule has 3 rings (SSSR count). The number of benzene rings is 2. The van der Waals surface area contributed by atoms with Gasteiger partial charge in [0.05, 0.1) is 5.41 Å². The molecule has 1 N–H and O–H groups in total. The van der Waals surface area contributed by atoms with Gasteiger partial charge in [0.2, 0.25) is 0 Å². The second-order valence-electron chi connectivity index (χ2n) is 6.89. The molecule has 0 radical (unpaired) electrons. The molecule has 0 aromatic heterocycles. The van der Waals surface area contributed by atoms with Crippen molar-refractivity contribution in [3.63, 3.8) is 0 Å². The molecule has 1 aliphatic carbocycles.